The summed E-state index contributed by atoms with van der Waals surface area (Å²) >= 11 is 0. The molecule has 1 aromatic rings. The quantitative estimate of drug-likeness (QED) is 0.768. The molecule has 0 fully saturated rings. The summed E-state index contributed by atoms with van der Waals surface area (Å²) in [6.07, 6.45) is 0. The van der Waals surface area contributed by atoms with Gasteiger partial charge in [-0.25, -0.2) is 8.78 Å². The highest BCUT2D eigenvalue weighted by Crippen LogP contribution is 2.08. The summed E-state index contributed by atoms with van der Waals surface area (Å²) in [6.45, 7) is -3.75. The minimum Gasteiger partial charge on any atom is -0.351 e. The fourth-order valence-corrected chi connectivity index (χ4v) is 1.22. The van der Waals surface area contributed by atoms with Gasteiger partial charge in [0.25, 0.3) is 0 Å². The number of nitrogens with one attached hydrogen (secondary N) is 1. The highest BCUT2D eigenvalue weighted by molar-refractivity contribution is 5.81. The van der Waals surface area contributed by atoms with E-state index in [0.717, 1.165) is 12.1 Å². The van der Waals surface area contributed by atoms with E-state index >= 15 is 0 Å². The molecule has 0 saturated carbocycles. The third-order valence-corrected chi connectivity index (χ3v) is 2.19. The van der Waals surface area contributed by atoms with Crippen LogP contribution in [0, 0.1) is 11.6 Å². The van der Waals surface area contributed by atoms with Gasteiger partial charge in [-0.05, 0) is 17.7 Å². The maximum Gasteiger partial charge on any atom is 0.345 e. The van der Waals surface area contributed by atoms with Gasteiger partial charge in [-0.3, -0.25) is 4.79 Å². The Hall–Kier alpha value is -1.67. The van der Waals surface area contributed by atoms with E-state index in [2.05, 4.69) is 10.1 Å². The molecule has 1 unspecified atom stereocenters. The Morgan fingerprint density at radius 2 is 2.00 bits per heavy atom. The maximum atomic E-state index is 12.9. The van der Waals surface area contributed by atoms with Crippen molar-refractivity contribution in [3.8, 4) is 0 Å². The van der Waals surface area contributed by atoms with Crippen LogP contribution in [-0.2, 0) is 16.1 Å². The average Bonchev–Trinajstić information content (AvgIpc) is 2.36. The third-order valence-electron chi connectivity index (χ3n) is 2.19. The van der Waals surface area contributed by atoms with Crippen molar-refractivity contribution in [2.24, 2.45) is 5.73 Å². The van der Waals surface area contributed by atoms with Crippen LogP contribution in [0.4, 0.5) is 17.6 Å². The second-order valence-electron chi connectivity index (χ2n) is 3.67. The van der Waals surface area contributed by atoms with Crippen LogP contribution >= 0.6 is 0 Å². The summed E-state index contributed by atoms with van der Waals surface area (Å²) in [6, 6.07) is 1.84. The van der Waals surface area contributed by atoms with E-state index in [1.54, 1.807) is 0 Å². The second-order valence-corrected chi connectivity index (χ2v) is 3.67. The smallest absolute Gasteiger partial charge is 0.345 e. The first kappa shape index (κ1) is 15.4. The Kier molecular flexibility index (Phi) is 5.71. The van der Waals surface area contributed by atoms with Gasteiger partial charge < -0.3 is 15.8 Å². The summed E-state index contributed by atoms with van der Waals surface area (Å²) in [4.78, 5) is 11.4. The zero-order chi connectivity index (χ0) is 14.4. The number of amides is 1. The molecule has 0 saturated heterocycles. The molecule has 0 aliphatic carbocycles. The van der Waals surface area contributed by atoms with Crippen LogP contribution in [-0.4, -0.2) is 25.2 Å². The number of hydrogen-bond acceptors (Lipinski definition) is 3. The van der Waals surface area contributed by atoms with Crippen LogP contribution < -0.4 is 11.1 Å². The monoisotopic (exact) mass is 280 g/mol. The van der Waals surface area contributed by atoms with Gasteiger partial charge in [-0.15, -0.1) is 0 Å². The lowest BCUT2D eigenvalue weighted by molar-refractivity contribution is -0.141. The molecule has 8 heteroatoms. The Labute approximate surface area is 106 Å². The predicted octanol–water partition coefficient (Wildman–Crippen LogP) is 1.15. The number of benzene rings is 1. The van der Waals surface area contributed by atoms with Gasteiger partial charge in [0.2, 0.25) is 5.91 Å². The number of carbonyl (C=O) groups excluding carboxylic acids is 1. The van der Waals surface area contributed by atoms with Gasteiger partial charge in [-0.2, -0.15) is 8.78 Å². The number of halogens is 4. The molecule has 0 heterocycles. The molecule has 4 nitrogen and oxygen atoms in total. The first-order valence-corrected chi connectivity index (χ1v) is 5.27. The Morgan fingerprint density at radius 1 is 1.32 bits per heavy atom. The maximum absolute atomic E-state index is 12.9. The lowest BCUT2D eigenvalue weighted by atomic mass is 10.2. The molecular weight excluding hydrogens is 268 g/mol. The Morgan fingerprint density at radius 3 is 2.58 bits per heavy atom. The third kappa shape index (κ3) is 5.23. The number of hydrogen-bond donors (Lipinski definition) is 2. The summed E-state index contributed by atoms with van der Waals surface area (Å²) < 4.78 is 52.8. The van der Waals surface area contributed by atoms with Gasteiger partial charge in [0.15, 0.2) is 11.6 Å². The van der Waals surface area contributed by atoms with Crippen molar-refractivity contribution in [1.29, 1.82) is 0 Å². The second kappa shape index (κ2) is 7.05. The SMILES string of the molecule is NC(COC(F)F)C(=O)NCc1ccc(F)c(F)c1. The van der Waals surface area contributed by atoms with Crippen LogP contribution in [0.1, 0.15) is 5.56 Å². The molecule has 1 amide bonds. The van der Waals surface area contributed by atoms with E-state index in [4.69, 9.17) is 5.73 Å². The first-order chi connectivity index (χ1) is 8.90. The topological polar surface area (TPSA) is 64.3 Å². The molecule has 0 aliphatic rings. The molecular formula is C11H12F4N2O2. The van der Waals surface area contributed by atoms with Crippen LogP contribution in [0.2, 0.25) is 0 Å². The van der Waals surface area contributed by atoms with Crippen molar-refractivity contribution >= 4 is 5.91 Å². The molecule has 3 N–H and O–H groups in total. The van der Waals surface area contributed by atoms with Crippen molar-refractivity contribution in [1.82, 2.24) is 5.32 Å². The van der Waals surface area contributed by atoms with E-state index in [9.17, 15) is 22.4 Å². The van der Waals surface area contributed by atoms with Gasteiger partial charge in [0, 0.05) is 6.54 Å². The minimum absolute atomic E-state index is 0.0988. The van der Waals surface area contributed by atoms with Crippen LogP contribution in [0.15, 0.2) is 18.2 Å². The fourth-order valence-electron chi connectivity index (χ4n) is 1.22. The summed E-state index contributed by atoms with van der Waals surface area (Å²) in [5.41, 5.74) is 5.59. The largest absolute Gasteiger partial charge is 0.351 e. The Bertz CT molecular complexity index is 443. The molecule has 1 rings (SSSR count). The highest BCUT2D eigenvalue weighted by atomic mass is 19.3. The standard InChI is InChI=1S/C11H12F4N2O2/c12-7-2-1-6(3-8(7)13)4-17-10(18)9(16)5-19-11(14)15/h1-3,9,11H,4-5,16H2,(H,17,18). The zero-order valence-electron chi connectivity index (χ0n) is 9.71. The van der Waals surface area contributed by atoms with Crippen molar-refractivity contribution in [2.75, 3.05) is 6.61 Å². The molecule has 0 aromatic heterocycles. The normalized spacial score (nSPS) is 12.5. The molecule has 106 valence electrons. The van der Waals surface area contributed by atoms with E-state index in [-0.39, 0.29) is 6.54 Å². The van der Waals surface area contributed by atoms with E-state index in [0.29, 0.717) is 5.56 Å². The van der Waals surface area contributed by atoms with E-state index in [1.165, 1.54) is 6.07 Å². The number of alkyl halides is 2. The molecule has 0 spiro atoms. The minimum atomic E-state index is -3.01. The van der Waals surface area contributed by atoms with Crippen LogP contribution in [0.5, 0.6) is 0 Å². The number of nitrogens with two attached hydrogens (primary N) is 1. The van der Waals surface area contributed by atoms with Crippen molar-refractivity contribution in [2.45, 2.75) is 19.2 Å². The molecule has 0 aliphatic heterocycles. The van der Waals surface area contributed by atoms with Crippen LogP contribution in [0.3, 0.4) is 0 Å². The van der Waals surface area contributed by atoms with Gasteiger partial charge in [0.1, 0.15) is 6.04 Å². The lowest BCUT2D eigenvalue weighted by Crippen LogP contribution is -2.43. The van der Waals surface area contributed by atoms with E-state index in [1.807, 2.05) is 0 Å². The number of carbonyl (C=O) groups is 1. The summed E-state index contributed by atoms with van der Waals surface area (Å²) in [7, 11) is 0. The zero-order valence-corrected chi connectivity index (χ0v) is 9.71. The molecule has 1 atom stereocenters. The molecule has 1 aromatic carbocycles. The fraction of sp³-hybridized carbons (Fsp3) is 0.364. The van der Waals surface area contributed by atoms with Gasteiger partial charge >= 0.3 is 6.61 Å². The van der Waals surface area contributed by atoms with Crippen molar-refractivity contribution in [3.63, 3.8) is 0 Å². The lowest BCUT2D eigenvalue weighted by Gasteiger charge is -2.12. The summed E-state index contributed by atoms with van der Waals surface area (Å²) in [5, 5.41) is 2.29. The number of ether oxygens (including phenoxy) is 1. The molecule has 19 heavy (non-hydrogen) atoms. The van der Waals surface area contributed by atoms with Gasteiger partial charge in [-0.1, -0.05) is 6.07 Å². The highest BCUT2D eigenvalue weighted by Gasteiger charge is 2.15. The average molecular weight is 280 g/mol. The van der Waals surface area contributed by atoms with Gasteiger partial charge in [0.05, 0.1) is 6.61 Å². The molecule has 0 bridgehead atoms. The van der Waals surface area contributed by atoms with Crippen molar-refractivity contribution < 1.29 is 27.1 Å². The number of rotatable bonds is 6. The van der Waals surface area contributed by atoms with Crippen LogP contribution in [0.25, 0.3) is 0 Å². The Balaban J connectivity index is 2.42. The van der Waals surface area contributed by atoms with Crippen molar-refractivity contribution in [3.05, 3.63) is 35.4 Å². The van der Waals surface area contributed by atoms with E-state index < -0.39 is 36.8 Å². The summed E-state index contributed by atoms with van der Waals surface area (Å²) in [5.74, 6) is -2.78. The first-order valence-electron chi connectivity index (χ1n) is 5.27. The predicted molar refractivity (Wildman–Crippen MR) is 58.1 cm³/mol. The molecule has 0 radical (unpaired) electrons.